The van der Waals surface area contributed by atoms with E-state index >= 15 is 0 Å². The summed E-state index contributed by atoms with van der Waals surface area (Å²) < 4.78 is 5.18. The minimum atomic E-state index is -1.01. The number of ether oxygens (including phenoxy) is 1. The summed E-state index contributed by atoms with van der Waals surface area (Å²) in [7, 11) is 1.54. The second kappa shape index (κ2) is 5.05. The standard InChI is InChI=1S/C12H18N2O3/c1-12(7-13,11(15)16)6-8-5-9(14)3-4-10(8)17-2/h3-5H,6-7,13-14H2,1-2H3,(H,15,16). The summed E-state index contributed by atoms with van der Waals surface area (Å²) in [6.45, 7) is 1.66. The molecule has 5 nitrogen and oxygen atoms in total. The number of rotatable bonds is 5. The fourth-order valence-electron chi connectivity index (χ4n) is 1.59. The number of benzene rings is 1. The van der Waals surface area contributed by atoms with Gasteiger partial charge >= 0.3 is 5.97 Å². The molecule has 0 aliphatic heterocycles. The Morgan fingerprint density at radius 3 is 2.65 bits per heavy atom. The van der Waals surface area contributed by atoms with Crippen molar-refractivity contribution in [3.63, 3.8) is 0 Å². The summed E-state index contributed by atoms with van der Waals surface area (Å²) in [5.41, 5.74) is 11.5. The van der Waals surface area contributed by atoms with Crippen molar-refractivity contribution < 1.29 is 14.6 Å². The van der Waals surface area contributed by atoms with Gasteiger partial charge in [-0.2, -0.15) is 0 Å². The molecule has 0 spiro atoms. The number of methoxy groups -OCH3 is 1. The van der Waals surface area contributed by atoms with E-state index in [2.05, 4.69) is 0 Å². The van der Waals surface area contributed by atoms with Crippen LogP contribution in [0.15, 0.2) is 18.2 Å². The molecule has 94 valence electrons. The first kappa shape index (κ1) is 13.3. The van der Waals surface area contributed by atoms with E-state index in [1.54, 1.807) is 25.1 Å². The monoisotopic (exact) mass is 238 g/mol. The first-order valence-electron chi connectivity index (χ1n) is 5.29. The summed E-state index contributed by atoms with van der Waals surface area (Å²) in [4.78, 5) is 11.2. The van der Waals surface area contributed by atoms with Gasteiger partial charge in [-0.1, -0.05) is 0 Å². The highest BCUT2D eigenvalue weighted by atomic mass is 16.5. The Hall–Kier alpha value is -1.75. The Morgan fingerprint density at radius 2 is 2.18 bits per heavy atom. The largest absolute Gasteiger partial charge is 0.496 e. The molecule has 0 radical (unpaired) electrons. The van der Waals surface area contributed by atoms with Gasteiger partial charge in [0.05, 0.1) is 12.5 Å². The van der Waals surface area contributed by atoms with E-state index < -0.39 is 11.4 Å². The first-order chi connectivity index (χ1) is 7.92. The maximum absolute atomic E-state index is 11.2. The second-order valence-electron chi connectivity index (χ2n) is 4.32. The Morgan fingerprint density at radius 1 is 1.53 bits per heavy atom. The highest BCUT2D eigenvalue weighted by Crippen LogP contribution is 2.29. The lowest BCUT2D eigenvalue weighted by Gasteiger charge is -2.23. The van der Waals surface area contributed by atoms with E-state index in [1.807, 2.05) is 0 Å². The van der Waals surface area contributed by atoms with Crippen molar-refractivity contribution in [1.82, 2.24) is 0 Å². The molecule has 0 saturated carbocycles. The van der Waals surface area contributed by atoms with Gasteiger partial charge < -0.3 is 21.3 Å². The number of carbonyl (C=O) groups is 1. The molecule has 0 bridgehead atoms. The number of anilines is 1. The van der Waals surface area contributed by atoms with Gasteiger partial charge in [-0.15, -0.1) is 0 Å². The van der Waals surface area contributed by atoms with Crippen LogP contribution in [0.3, 0.4) is 0 Å². The molecular weight excluding hydrogens is 220 g/mol. The summed E-state index contributed by atoms with van der Waals surface area (Å²) in [6, 6.07) is 5.15. The number of nitrogens with two attached hydrogens (primary N) is 2. The predicted molar refractivity (Wildman–Crippen MR) is 65.9 cm³/mol. The molecule has 1 unspecified atom stereocenters. The number of hydrogen-bond acceptors (Lipinski definition) is 4. The van der Waals surface area contributed by atoms with Crippen molar-refractivity contribution in [1.29, 1.82) is 0 Å². The zero-order valence-electron chi connectivity index (χ0n) is 10.1. The molecule has 0 heterocycles. The van der Waals surface area contributed by atoms with Crippen LogP contribution in [0, 0.1) is 5.41 Å². The number of hydrogen-bond donors (Lipinski definition) is 3. The molecule has 17 heavy (non-hydrogen) atoms. The molecule has 5 N–H and O–H groups in total. The minimum Gasteiger partial charge on any atom is -0.496 e. The zero-order chi connectivity index (χ0) is 13.1. The summed E-state index contributed by atoms with van der Waals surface area (Å²) in [6.07, 6.45) is 0.285. The van der Waals surface area contributed by atoms with Crippen LogP contribution in [-0.2, 0) is 11.2 Å². The van der Waals surface area contributed by atoms with Gasteiger partial charge in [-0.25, -0.2) is 0 Å². The van der Waals surface area contributed by atoms with E-state index in [4.69, 9.17) is 16.2 Å². The van der Waals surface area contributed by atoms with Crippen LogP contribution >= 0.6 is 0 Å². The Bertz CT molecular complexity index is 420. The lowest BCUT2D eigenvalue weighted by Crippen LogP contribution is -2.37. The summed E-state index contributed by atoms with van der Waals surface area (Å²) >= 11 is 0. The topological polar surface area (TPSA) is 98.6 Å². The van der Waals surface area contributed by atoms with Gasteiger partial charge in [-0.3, -0.25) is 4.79 Å². The Kier molecular flexibility index (Phi) is 3.96. The molecule has 1 aromatic carbocycles. The average molecular weight is 238 g/mol. The van der Waals surface area contributed by atoms with Crippen LogP contribution in [0.25, 0.3) is 0 Å². The minimum absolute atomic E-state index is 0.0558. The number of carboxylic acid groups (broad SMARTS) is 1. The molecule has 0 saturated heterocycles. The van der Waals surface area contributed by atoms with E-state index in [-0.39, 0.29) is 13.0 Å². The van der Waals surface area contributed by atoms with E-state index in [9.17, 15) is 9.90 Å². The van der Waals surface area contributed by atoms with Crippen molar-refractivity contribution in [2.45, 2.75) is 13.3 Å². The first-order valence-corrected chi connectivity index (χ1v) is 5.29. The molecule has 1 rings (SSSR count). The van der Waals surface area contributed by atoms with Crippen molar-refractivity contribution in [2.24, 2.45) is 11.1 Å². The van der Waals surface area contributed by atoms with Crippen LogP contribution < -0.4 is 16.2 Å². The lowest BCUT2D eigenvalue weighted by atomic mass is 9.83. The lowest BCUT2D eigenvalue weighted by molar-refractivity contribution is -0.147. The van der Waals surface area contributed by atoms with Crippen LogP contribution in [0.1, 0.15) is 12.5 Å². The normalized spacial score (nSPS) is 14.1. The summed E-state index contributed by atoms with van der Waals surface area (Å²) in [5.74, 6) is -0.301. The molecule has 0 aromatic heterocycles. The van der Waals surface area contributed by atoms with Crippen LogP contribution in [0.2, 0.25) is 0 Å². The third-order valence-corrected chi connectivity index (χ3v) is 2.85. The fourth-order valence-corrected chi connectivity index (χ4v) is 1.59. The van der Waals surface area contributed by atoms with E-state index in [0.717, 1.165) is 5.56 Å². The van der Waals surface area contributed by atoms with Gasteiger partial charge in [0.15, 0.2) is 0 Å². The van der Waals surface area contributed by atoms with E-state index in [1.165, 1.54) is 7.11 Å². The van der Waals surface area contributed by atoms with E-state index in [0.29, 0.717) is 11.4 Å². The Balaban J connectivity index is 3.08. The highest BCUT2D eigenvalue weighted by molar-refractivity contribution is 5.75. The van der Waals surface area contributed by atoms with Crippen molar-refractivity contribution in [2.75, 3.05) is 19.4 Å². The van der Waals surface area contributed by atoms with Gasteiger partial charge in [0.25, 0.3) is 0 Å². The molecule has 0 fully saturated rings. The summed E-state index contributed by atoms with van der Waals surface area (Å²) in [5, 5.41) is 9.17. The number of nitrogen functional groups attached to an aromatic ring is 1. The Labute approximate surface area is 100 Å². The molecule has 0 amide bonds. The smallest absolute Gasteiger partial charge is 0.310 e. The van der Waals surface area contributed by atoms with Crippen molar-refractivity contribution in [3.05, 3.63) is 23.8 Å². The van der Waals surface area contributed by atoms with Crippen LogP contribution in [0.5, 0.6) is 5.75 Å². The van der Waals surface area contributed by atoms with Crippen LogP contribution in [0.4, 0.5) is 5.69 Å². The predicted octanol–water partition coefficient (Wildman–Crippen LogP) is 0.869. The molecule has 0 aliphatic carbocycles. The molecule has 1 aromatic rings. The molecule has 5 heteroatoms. The van der Waals surface area contributed by atoms with Crippen molar-refractivity contribution >= 4 is 11.7 Å². The zero-order valence-corrected chi connectivity index (χ0v) is 10.1. The van der Waals surface area contributed by atoms with Gasteiger partial charge in [0, 0.05) is 12.2 Å². The molecule has 0 aliphatic rings. The molecule has 1 atom stereocenters. The maximum atomic E-state index is 11.2. The maximum Gasteiger partial charge on any atom is 0.310 e. The highest BCUT2D eigenvalue weighted by Gasteiger charge is 2.32. The fraction of sp³-hybridized carbons (Fsp3) is 0.417. The number of carboxylic acids is 1. The third-order valence-electron chi connectivity index (χ3n) is 2.85. The average Bonchev–Trinajstić information content (AvgIpc) is 2.29. The molecular formula is C12H18N2O3. The SMILES string of the molecule is COc1ccc(N)cc1CC(C)(CN)C(=O)O. The van der Waals surface area contributed by atoms with Gasteiger partial charge in [0.2, 0.25) is 0 Å². The number of aliphatic carboxylic acids is 1. The third kappa shape index (κ3) is 2.88. The van der Waals surface area contributed by atoms with Crippen LogP contribution in [-0.4, -0.2) is 24.7 Å². The van der Waals surface area contributed by atoms with Gasteiger partial charge in [0.1, 0.15) is 5.75 Å². The quantitative estimate of drug-likeness (QED) is 0.661. The second-order valence-corrected chi connectivity index (χ2v) is 4.32. The van der Waals surface area contributed by atoms with Crippen molar-refractivity contribution in [3.8, 4) is 5.75 Å². The van der Waals surface area contributed by atoms with Gasteiger partial charge in [-0.05, 0) is 37.1 Å².